The Kier molecular flexibility index (Phi) is 2.14. The quantitative estimate of drug-likeness (QED) is 0.496. The summed E-state index contributed by atoms with van der Waals surface area (Å²) in [6, 6.07) is 0. The van der Waals surface area contributed by atoms with Crippen LogP contribution in [0, 0.1) is 0 Å². The molecule has 10 heavy (non-hydrogen) atoms. The molecular formula is C4H10NO3PS. The second kappa shape index (κ2) is 2.50. The van der Waals surface area contributed by atoms with E-state index in [0.29, 0.717) is 12.2 Å². The van der Waals surface area contributed by atoms with Gasteiger partial charge in [-0.2, -0.15) is 11.8 Å². The zero-order valence-electron chi connectivity index (χ0n) is 5.36. The summed E-state index contributed by atoms with van der Waals surface area (Å²) >= 11 is 1.49. The molecule has 1 heterocycles. The highest BCUT2D eigenvalue weighted by Gasteiger charge is 2.45. The zero-order chi connectivity index (χ0) is 7.83. The Morgan fingerprint density at radius 2 is 2.20 bits per heavy atom. The van der Waals surface area contributed by atoms with Crippen LogP contribution in [-0.4, -0.2) is 26.6 Å². The molecule has 0 aromatic heterocycles. The van der Waals surface area contributed by atoms with E-state index < -0.39 is 12.9 Å². The lowest BCUT2D eigenvalue weighted by molar-refractivity contribution is 0.333. The van der Waals surface area contributed by atoms with Crippen molar-refractivity contribution >= 4 is 19.4 Å². The third-order valence-electron chi connectivity index (χ3n) is 1.61. The van der Waals surface area contributed by atoms with Crippen molar-refractivity contribution in [2.45, 2.75) is 11.7 Å². The van der Waals surface area contributed by atoms with Crippen molar-refractivity contribution in [2.75, 3.05) is 11.5 Å². The summed E-state index contributed by atoms with van der Waals surface area (Å²) in [6.07, 6.45) is 0.419. The summed E-state index contributed by atoms with van der Waals surface area (Å²) in [5.41, 5.74) is 5.45. The molecule has 1 rings (SSSR count). The van der Waals surface area contributed by atoms with Gasteiger partial charge in [0.15, 0.2) is 0 Å². The number of hydrogen-bond acceptors (Lipinski definition) is 3. The minimum absolute atomic E-state index is 0.372. The van der Waals surface area contributed by atoms with Crippen molar-refractivity contribution < 1.29 is 14.4 Å². The Bertz CT molecular complexity index is 173. The van der Waals surface area contributed by atoms with Crippen molar-refractivity contribution in [1.82, 2.24) is 0 Å². The average molecular weight is 183 g/mol. The van der Waals surface area contributed by atoms with Crippen LogP contribution in [0.3, 0.4) is 0 Å². The van der Waals surface area contributed by atoms with Gasteiger partial charge in [0.2, 0.25) is 0 Å². The molecule has 1 aliphatic rings. The lowest BCUT2D eigenvalue weighted by atomic mass is 10.3. The van der Waals surface area contributed by atoms with Crippen molar-refractivity contribution in [2.24, 2.45) is 5.73 Å². The van der Waals surface area contributed by atoms with Gasteiger partial charge < -0.3 is 15.5 Å². The Morgan fingerprint density at radius 3 is 2.40 bits per heavy atom. The van der Waals surface area contributed by atoms with Gasteiger partial charge in [0.1, 0.15) is 5.28 Å². The Balaban J connectivity index is 2.78. The van der Waals surface area contributed by atoms with Crippen LogP contribution in [0.4, 0.5) is 0 Å². The number of nitrogens with two attached hydrogens (primary N) is 1. The molecule has 6 heteroatoms. The topological polar surface area (TPSA) is 83.6 Å². The van der Waals surface area contributed by atoms with E-state index in [1.165, 1.54) is 11.8 Å². The highest BCUT2D eigenvalue weighted by atomic mass is 32.2. The van der Waals surface area contributed by atoms with Gasteiger partial charge in [0.05, 0.1) is 0 Å². The maximum absolute atomic E-state index is 10.7. The molecule has 0 spiro atoms. The Labute approximate surface area is 63.3 Å². The molecule has 1 unspecified atom stereocenters. The summed E-state index contributed by atoms with van der Waals surface area (Å²) in [5, 5.41) is -1.24. The van der Waals surface area contributed by atoms with E-state index >= 15 is 0 Å². The molecule has 0 bridgehead atoms. The Morgan fingerprint density at radius 1 is 1.60 bits per heavy atom. The number of rotatable bonds is 1. The maximum atomic E-state index is 10.7. The van der Waals surface area contributed by atoms with E-state index in [0.717, 1.165) is 5.75 Å². The van der Waals surface area contributed by atoms with Gasteiger partial charge in [-0.1, -0.05) is 0 Å². The van der Waals surface area contributed by atoms with Crippen LogP contribution < -0.4 is 5.73 Å². The average Bonchev–Trinajstić information content (AvgIpc) is 2.13. The van der Waals surface area contributed by atoms with Crippen LogP contribution in [0.2, 0.25) is 0 Å². The van der Waals surface area contributed by atoms with E-state index in [4.69, 9.17) is 15.5 Å². The SMILES string of the molecule is NC1(P(=O)(O)O)CCSC1. The molecule has 0 aromatic rings. The second-order valence-corrected chi connectivity index (χ2v) is 5.53. The first-order chi connectivity index (χ1) is 4.46. The van der Waals surface area contributed by atoms with Crippen molar-refractivity contribution in [1.29, 1.82) is 0 Å². The van der Waals surface area contributed by atoms with Crippen molar-refractivity contribution in [3.63, 3.8) is 0 Å². The van der Waals surface area contributed by atoms with Crippen LogP contribution in [0.1, 0.15) is 6.42 Å². The fourth-order valence-electron chi connectivity index (χ4n) is 0.800. The minimum Gasteiger partial charge on any atom is -0.323 e. The van der Waals surface area contributed by atoms with E-state index in [-0.39, 0.29) is 0 Å². The molecule has 0 aliphatic carbocycles. The van der Waals surface area contributed by atoms with Crippen molar-refractivity contribution in [3.8, 4) is 0 Å². The molecule has 60 valence electrons. The van der Waals surface area contributed by atoms with Crippen molar-refractivity contribution in [3.05, 3.63) is 0 Å². The number of thioether (sulfide) groups is 1. The normalized spacial score (nSPS) is 34.7. The lowest BCUT2D eigenvalue weighted by Crippen LogP contribution is -2.39. The first-order valence-corrected chi connectivity index (χ1v) is 5.65. The van der Waals surface area contributed by atoms with Gasteiger partial charge in [-0.05, 0) is 12.2 Å². The lowest BCUT2D eigenvalue weighted by Gasteiger charge is -2.23. The van der Waals surface area contributed by atoms with Crippen LogP contribution in [-0.2, 0) is 4.57 Å². The van der Waals surface area contributed by atoms with Crippen LogP contribution >= 0.6 is 19.4 Å². The van der Waals surface area contributed by atoms with E-state index in [9.17, 15) is 4.57 Å². The predicted molar refractivity (Wildman–Crippen MR) is 40.9 cm³/mol. The third-order valence-corrected chi connectivity index (χ3v) is 4.58. The van der Waals surface area contributed by atoms with Crippen LogP contribution in [0.5, 0.6) is 0 Å². The smallest absolute Gasteiger partial charge is 0.323 e. The molecule has 0 amide bonds. The van der Waals surface area contributed by atoms with E-state index in [2.05, 4.69) is 0 Å². The van der Waals surface area contributed by atoms with E-state index in [1.54, 1.807) is 0 Å². The molecule has 4 N–H and O–H groups in total. The molecular weight excluding hydrogens is 173 g/mol. The molecule has 0 aromatic carbocycles. The standard InChI is InChI=1S/C4H10NO3PS/c5-4(9(6,7)8)1-2-10-3-4/h1-3,5H2,(H2,6,7,8). The molecule has 1 fully saturated rings. The van der Waals surface area contributed by atoms with Gasteiger partial charge in [0, 0.05) is 5.75 Å². The molecule has 1 atom stereocenters. The first kappa shape index (κ1) is 8.56. The summed E-state index contributed by atoms with van der Waals surface area (Å²) in [4.78, 5) is 17.5. The molecule has 1 aliphatic heterocycles. The minimum atomic E-state index is -4.07. The summed E-state index contributed by atoms with van der Waals surface area (Å²) < 4.78 is 10.7. The molecule has 0 radical (unpaired) electrons. The van der Waals surface area contributed by atoms with Crippen LogP contribution in [0.25, 0.3) is 0 Å². The molecule has 1 saturated heterocycles. The first-order valence-electron chi connectivity index (χ1n) is 2.88. The summed E-state index contributed by atoms with van der Waals surface area (Å²) in [7, 11) is -4.07. The fourth-order valence-corrected chi connectivity index (χ4v) is 3.45. The van der Waals surface area contributed by atoms with Gasteiger partial charge in [-0.15, -0.1) is 0 Å². The highest BCUT2D eigenvalue weighted by Crippen LogP contribution is 2.53. The largest absolute Gasteiger partial charge is 0.346 e. The number of hydrogen-bond donors (Lipinski definition) is 3. The highest BCUT2D eigenvalue weighted by molar-refractivity contribution is 8.00. The van der Waals surface area contributed by atoms with Gasteiger partial charge >= 0.3 is 7.60 Å². The molecule has 4 nitrogen and oxygen atoms in total. The van der Waals surface area contributed by atoms with Crippen LogP contribution in [0.15, 0.2) is 0 Å². The molecule has 0 saturated carbocycles. The van der Waals surface area contributed by atoms with Gasteiger partial charge in [-0.3, -0.25) is 4.57 Å². The summed E-state index contributed by atoms with van der Waals surface area (Å²) in [6.45, 7) is 0. The van der Waals surface area contributed by atoms with Gasteiger partial charge in [0.25, 0.3) is 0 Å². The second-order valence-electron chi connectivity index (χ2n) is 2.45. The maximum Gasteiger partial charge on any atom is 0.346 e. The van der Waals surface area contributed by atoms with Gasteiger partial charge in [-0.25, -0.2) is 0 Å². The predicted octanol–water partition coefficient (Wildman–Crippen LogP) is -0.0440. The summed E-state index contributed by atoms with van der Waals surface area (Å²) in [5.74, 6) is 1.12. The fraction of sp³-hybridized carbons (Fsp3) is 1.00. The third kappa shape index (κ3) is 1.38. The Hall–Kier alpha value is 0.460. The van der Waals surface area contributed by atoms with E-state index in [1.807, 2.05) is 0 Å². The monoisotopic (exact) mass is 183 g/mol. The zero-order valence-corrected chi connectivity index (χ0v) is 7.07.